The highest BCUT2D eigenvalue weighted by molar-refractivity contribution is 7.99. The lowest BCUT2D eigenvalue weighted by atomic mass is 10.1. The second-order valence-electron chi connectivity index (χ2n) is 6.22. The van der Waals surface area contributed by atoms with E-state index >= 15 is 0 Å². The Kier molecular flexibility index (Phi) is 6.60. The number of ketones is 1. The zero-order valence-corrected chi connectivity index (χ0v) is 16.7. The number of hydrogen-bond donors (Lipinski definition) is 1. The SMILES string of the molecule is CCn1c(CNC(=O)c2ccccc2C)nnc1SCC(=O)c1ccccc1. The number of hydrogen-bond acceptors (Lipinski definition) is 5. The minimum absolute atomic E-state index is 0.0469. The number of benzene rings is 2. The van der Waals surface area contributed by atoms with Gasteiger partial charge >= 0.3 is 0 Å². The van der Waals surface area contributed by atoms with E-state index in [9.17, 15) is 9.59 Å². The van der Waals surface area contributed by atoms with E-state index < -0.39 is 0 Å². The van der Waals surface area contributed by atoms with Gasteiger partial charge in [-0.05, 0) is 25.5 Å². The van der Waals surface area contributed by atoms with Crippen molar-refractivity contribution in [1.29, 1.82) is 0 Å². The third kappa shape index (κ3) is 4.67. The molecular weight excluding hydrogens is 372 g/mol. The molecule has 0 aliphatic heterocycles. The maximum Gasteiger partial charge on any atom is 0.251 e. The predicted molar refractivity (Wildman–Crippen MR) is 110 cm³/mol. The summed E-state index contributed by atoms with van der Waals surface area (Å²) in [6.07, 6.45) is 0. The van der Waals surface area contributed by atoms with Crippen LogP contribution in [-0.2, 0) is 13.1 Å². The fourth-order valence-electron chi connectivity index (χ4n) is 2.79. The predicted octanol–water partition coefficient (Wildman–Crippen LogP) is 3.51. The van der Waals surface area contributed by atoms with Gasteiger partial charge in [-0.25, -0.2) is 0 Å². The third-order valence-electron chi connectivity index (χ3n) is 4.33. The van der Waals surface area contributed by atoms with Crippen molar-refractivity contribution in [3.05, 3.63) is 77.1 Å². The zero-order chi connectivity index (χ0) is 19.9. The summed E-state index contributed by atoms with van der Waals surface area (Å²) < 4.78 is 1.92. The molecule has 1 N–H and O–H groups in total. The number of thioether (sulfide) groups is 1. The quantitative estimate of drug-likeness (QED) is 0.467. The Morgan fingerprint density at radius 3 is 2.46 bits per heavy atom. The molecule has 0 bridgehead atoms. The first-order valence-electron chi connectivity index (χ1n) is 9.07. The molecule has 144 valence electrons. The molecule has 28 heavy (non-hydrogen) atoms. The highest BCUT2D eigenvalue weighted by atomic mass is 32.2. The molecule has 0 aliphatic carbocycles. The molecule has 1 amide bonds. The fraction of sp³-hybridized carbons (Fsp3) is 0.238. The molecule has 0 radical (unpaired) electrons. The Balaban J connectivity index is 1.63. The number of nitrogens with one attached hydrogen (secondary N) is 1. The van der Waals surface area contributed by atoms with Gasteiger partial charge in [0.2, 0.25) is 0 Å². The second kappa shape index (κ2) is 9.32. The average molecular weight is 395 g/mol. The van der Waals surface area contributed by atoms with E-state index in [0.29, 0.717) is 28.7 Å². The van der Waals surface area contributed by atoms with Crippen LogP contribution < -0.4 is 5.32 Å². The van der Waals surface area contributed by atoms with Crippen LogP contribution >= 0.6 is 11.8 Å². The van der Waals surface area contributed by atoms with Crippen LogP contribution in [0.1, 0.15) is 39.0 Å². The molecule has 3 aromatic rings. The van der Waals surface area contributed by atoms with E-state index in [1.165, 1.54) is 11.8 Å². The van der Waals surface area contributed by atoms with Gasteiger partial charge in [-0.2, -0.15) is 0 Å². The zero-order valence-electron chi connectivity index (χ0n) is 15.9. The lowest BCUT2D eigenvalue weighted by molar-refractivity contribution is 0.0948. The molecule has 0 aliphatic rings. The summed E-state index contributed by atoms with van der Waals surface area (Å²) in [5.74, 6) is 0.861. The molecule has 0 atom stereocenters. The Labute approximate surface area is 168 Å². The van der Waals surface area contributed by atoms with Crippen LogP contribution in [0.25, 0.3) is 0 Å². The van der Waals surface area contributed by atoms with Gasteiger partial charge in [0.15, 0.2) is 16.8 Å². The summed E-state index contributed by atoms with van der Waals surface area (Å²) in [6, 6.07) is 16.6. The van der Waals surface area contributed by atoms with Crippen LogP contribution in [0.15, 0.2) is 59.8 Å². The van der Waals surface area contributed by atoms with Crippen LogP contribution in [0.3, 0.4) is 0 Å². The number of carbonyl (C=O) groups is 2. The third-order valence-corrected chi connectivity index (χ3v) is 5.30. The van der Waals surface area contributed by atoms with E-state index in [2.05, 4.69) is 15.5 Å². The Morgan fingerprint density at radius 2 is 1.75 bits per heavy atom. The van der Waals surface area contributed by atoms with Gasteiger partial charge in [-0.15, -0.1) is 10.2 Å². The highest BCUT2D eigenvalue weighted by Gasteiger charge is 2.15. The summed E-state index contributed by atoms with van der Waals surface area (Å²) >= 11 is 1.36. The maximum absolute atomic E-state index is 12.4. The summed E-state index contributed by atoms with van der Waals surface area (Å²) in [7, 11) is 0. The van der Waals surface area contributed by atoms with Crippen molar-refractivity contribution in [3.8, 4) is 0 Å². The molecule has 1 aromatic heterocycles. The van der Waals surface area contributed by atoms with Crippen LogP contribution in [-0.4, -0.2) is 32.2 Å². The Hall–Kier alpha value is -2.93. The fourth-order valence-corrected chi connectivity index (χ4v) is 3.71. The maximum atomic E-state index is 12.4. The Bertz CT molecular complexity index is 970. The molecular formula is C21H22N4O2S. The van der Waals surface area contributed by atoms with Gasteiger partial charge in [-0.3, -0.25) is 9.59 Å². The molecule has 1 heterocycles. The first-order valence-corrected chi connectivity index (χ1v) is 10.1. The van der Waals surface area contributed by atoms with Crippen LogP contribution in [0.2, 0.25) is 0 Å². The number of aromatic nitrogens is 3. The number of amides is 1. The molecule has 7 heteroatoms. The van der Waals surface area contributed by atoms with Gasteiger partial charge < -0.3 is 9.88 Å². The standard InChI is InChI=1S/C21H22N4O2S/c1-3-25-19(13-22-20(27)17-12-8-7-9-15(17)2)23-24-21(25)28-14-18(26)16-10-5-4-6-11-16/h4-12H,3,13-14H2,1-2H3,(H,22,27). The monoisotopic (exact) mass is 394 g/mol. The molecule has 0 unspecified atom stereocenters. The van der Waals surface area contributed by atoms with E-state index in [1.807, 2.05) is 54.8 Å². The lowest BCUT2D eigenvalue weighted by Crippen LogP contribution is -2.25. The van der Waals surface area contributed by atoms with Crippen molar-refractivity contribution in [2.75, 3.05) is 5.75 Å². The molecule has 0 spiro atoms. The molecule has 2 aromatic carbocycles. The van der Waals surface area contributed by atoms with E-state index in [1.54, 1.807) is 18.2 Å². The largest absolute Gasteiger partial charge is 0.345 e. The number of rotatable bonds is 8. The molecule has 3 rings (SSSR count). The summed E-state index contributed by atoms with van der Waals surface area (Å²) in [5, 5.41) is 12.0. The van der Waals surface area contributed by atoms with Crippen molar-refractivity contribution >= 4 is 23.5 Å². The minimum atomic E-state index is -0.141. The van der Waals surface area contributed by atoms with Crippen molar-refractivity contribution < 1.29 is 9.59 Å². The van der Waals surface area contributed by atoms with E-state index in [4.69, 9.17) is 0 Å². The first kappa shape index (κ1) is 19.8. The van der Waals surface area contributed by atoms with Gasteiger partial charge in [-0.1, -0.05) is 60.3 Å². The summed E-state index contributed by atoms with van der Waals surface area (Å²) in [4.78, 5) is 24.7. The molecule has 0 saturated heterocycles. The minimum Gasteiger partial charge on any atom is -0.345 e. The van der Waals surface area contributed by atoms with Crippen molar-refractivity contribution in [1.82, 2.24) is 20.1 Å². The summed E-state index contributed by atoms with van der Waals surface area (Å²) in [5.41, 5.74) is 2.25. The molecule has 6 nitrogen and oxygen atoms in total. The van der Waals surface area contributed by atoms with E-state index in [-0.39, 0.29) is 24.0 Å². The molecule has 0 saturated carbocycles. The van der Waals surface area contributed by atoms with Crippen molar-refractivity contribution in [2.24, 2.45) is 0 Å². The second-order valence-corrected chi connectivity index (χ2v) is 7.16. The van der Waals surface area contributed by atoms with Gasteiger partial charge in [0.25, 0.3) is 5.91 Å². The average Bonchev–Trinajstić information content (AvgIpc) is 3.13. The highest BCUT2D eigenvalue weighted by Crippen LogP contribution is 2.19. The van der Waals surface area contributed by atoms with Crippen molar-refractivity contribution in [3.63, 3.8) is 0 Å². The van der Waals surface area contributed by atoms with Crippen LogP contribution in [0, 0.1) is 6.92 Å². The van der Waals surface area contributed by atoms with E-state index in [0.717, 1.165) is 5.56 Å². The lowest BCUT2D eigenvalue weighted by Gasteiger charge is -2.09. The van der Waals surface area contributed by atoms with Crippen LogP contribution in [0.5, 0.6) is 0 Å². The normalized spacial score (nSPS) is 10.6. The molecule has 0 fully saturated rings. The number of Topliss-reactive ketones (excluding diaryl/α,β-unsaturated/α-hetero) is 1. The smallest absolute Gasteiger partial charge is 0.251 e. The van der Waals surface area contributed by atoms with Crippen LogP contribution in [0.4, 0.5) is 0 Å². The topological polar surface area (TPSA) is 76.9 Å². The van der Waals surface area contributed by atoms with Gasteiger partial charge in [0.1, 0.15) is 0 Å². The summed E-state index contributed by atoms with van der Waals surface area (Å²) in [6.45, 7) is 4.83. The van der Waals surface area contributed by atoms with Gasteiger partial charge in [0, 0.05) is 17.7 Å². The van der Waals surface area contributed by atoms with Crippen molar-refractivity contribution in [2.45, 2.75) is 32.1 Å². The first-order chi connectivity index (χ1) is 13.6. The Morgan fingerprint density at radius 1 is 1.04 bits per heavy atom. The van der Waals surface area contributed by atoms with Gasteiger partial charge in [0.05, 0.1) is 12.3 Å². The number of carbonyl (C=O) groups excluding carboxylic acids is 2. The number of aryl methyl sites for hydroxylation is 1. The number of nitrogens with zero attached hydrogens (tertiary/aromatic N) is 3.